The fraction of sp³-hybridized carbons (Fsp3) is 0.176. The van der Waals surface area contributed by atoms with Gasteiger partial charge in [0.15, 0.2) is 5.16 Å². The van der Waals surface area contributed by atoms with Gasteiger partial charge in [-0.05, 0) is 24.6 Å². The zero-order valence-corrected chi connectivity index (χ0v) is 16.3. The van der Waals surface area contributed by atoms with Crippen molar-refractivity contribution in [3.8, 4) is 0 Å². The summed E-state index contributed by atoms with van der Waals surface area (Å²) in [6, 6.07) is 9.19. The lowest BCUT2D eigenvalue weighted by atomic mass is 10.2. The minimum absolute atomic E-state index is 0.144. The monoisotopic (exact) mass is 407 g/mol. The number of carbonyl (C=O) groups excluding carboxylic acids is 2. The summed E-state index contributed by atoms with van der Waals surface area (Å²) in [7, 11) is 1.33. The van der Waals surface area contributed by atoms with Crippen molar-refractivity contribution in [1.29, 1.82) is 0 Å². The number of ether oxygens (including phenoxy) is 1. The Hall–Kier alpha value is -2.16. The van der Waals surface area contributed by atoms with Crippen molar-refractivity contribution in [3.05, 3.63) is 45.9 Å². The second kappa shape index (κ2) is 8.03. The Bertz CT molecular complexity index is 976. The van der Waals surface area contributed by atoms with Crippen LogP contribution in [0.3, 0.4) is 0 Å². The van der Waals surface area contributed by atoms with Gasteiger partial charge in [0.1, 0.15) is 14.9 Å². The molecule has 0 saturated carbocycles. The van der Waals surface area contributed by atoms with Crippen molar-refractivity contribution in [2.24, 2.45) is 0 Å². The third-order valence-electron chi connectivity index (χ3n) is 3.49. The Morgan fingerprint density at radius 2 is 2.00 bits per heavy atom. The minimum Gasteiger partial charge on any atom is -0.465 e. The summed E-state index contributed by atoms with van der Waals surface area (Å²) in [5.41, 5.74) is 1.42. The van der Waals surface area contributed by atoms with E-state index in [4.69, 9.17) is 16.3 Å². The first-order valence-electron chi connectivity index (χ1n) is 7.52. The first kappa shape index (κ1) is 18.6. The standard InChI is InChI=1S/C17H14ClN3O3S2/c1-9-12-14(18)20-17(21-15(12)26-13(9)16(23)24-2)25-8-11(22)19-10-6-4-3-5-7-10/h3-7H,8H2,1-2H3,(H,19,22). The molecule has 1 aromatic carbocycles. The molecule has 1 N–H and O–H groups in total. The number of hydrogen-bond donors (Lipinski definition) is 1. The van der Waals surface area contributed by atoms with Crippen LogP contribution in [0.2, 0.25) is 5.15 Å². The first-order valence-corrected chi connectivity index (χ1v) is 9.70. The summed E-state index contributed by atoms with van der Waals surface area (Å²) in [5, 5.41) is 4.06. The predicted octanol–water partition coefficient (Wildman–Crippen LogP) is 4.17. The highest BCUT2D eigenvalue weighted by molar-refractivity contribution is 7.99. The van der Waals surface area contributed by atoms with Crippen LogP contribution in [0.25, 0.3) is 10.2 Å². The number of nitrogens with zero attached hydrogens (tertiary/aromatic N) is 2. The van der Waals surface area contributed by atoms with Crippen LogP contribution in [0.4, 0.5) is 5.69 Å². The maximum absolute atomic E-state index is 12.0. The molecular weight excluding hydrogens is 394 g/mol. The number of aromatic nitrogens is 2. The summed E-state index contributed by atoms with van der Waals surface area (Å²) >= 11 is 8.64. The molecule has 0 aliphatic rings. The van der Waals surface area contributed by atoms with Gasteiger partial charge < -0.3 is 10.1 Å². The number of carbonyl (C=O) groups is 2. The quantitative estimate of drug-likeness (QED) is 0.296. The second-order valence-electron chi connectivity index (χ2n) is 5.23. The molecule has 0 saturated heterocycles. The van der Waals surface area contributed by atoms with E-state index in [0.29, 0.717) is 25.8 Å². The van der Waals surface area contributed by atoms with E-state index in [1.807, 2.05) is 30.3 Å². The van der Waals surface area contributed by atoms with Crippen LogP contribution in [0, 0.1) is 6.92 Å². The van der Waals surface area contributed by atoms with Crippen molar-refractivity contribution < 1.29 is 14.3 Å². The number of fused-ring (bicyclic) bond motifs is 1. The van der Waals surface area contributed by atoms with Crippen LogP contribution >= 0.6 is 34.7 Å². The first-order chi connectivity index (χ1) is 12.5. The van der Waals surface area contributed by atoms with Gasteiger partial charge in [0.05, 0.1) is 18.2 Å². The van der Waals surface area contributed by atoms with Gasteiger partial charge in [0, 0.05) is 5.69 Å². The van der Waals surface area contributed by atoms with E-state index in [-0.39, 0.29) is 16.8 Å². The van der Waals surface area contributed by atoms with Gasteiger partial charge in [0.25, 0.3) is 0 Å². The number of amides is 1. The van der Waals surface area contributed by atoms with E-state index < -0.39 is 5.97 Å². The molecule has 0 aliphatic carbocycles. The van der Waals surface area contributed by atoms with Crippen LogP contribution in [0.15, 0.2) is 35.5 Å². The molecule has 0 unspecified atom stereocenters. The largest absolute Gasteiger partial charge is 0.465 e. The summed E-state index contributed by atoms with van der Waals surface area (Å²) in [5.74, 6) is -0.457. The topological polar surface area (TPSA) is 81.2 Å². The summed E-state index contributed by atoms with van der Waals surface area (Å²) in [4.78, 5) is 33.6. The van der Waals surface area contributed by atoms with E-state index in [2.05, 4.69) is 15.3 Å². The molecule has 0 aliphatic heterocycles. The Morgan fingerprint density at radius 1 is 1.27 bits per heavy atom. The highest BCUT2D eigenvalue weighted by Crippen LogP contribution is 2.35. The Morgan fingerprint density at radius 3 is 2.69 bits per heavy atom. The normalized spacial score (nSPS) is 10.7. The molecule has 3 rings (SSSR count). The molecule has 0 radical (unpaired) electrons. The molecule has 9 heteroatoms. The number of halogens is 1. The maximum Gasteiger partial charge on any atom is 0.348 e. The Balaban J connectivity index is 1.76. The van der Waals surface area contributed by atoms with E-state index in [0.717, 1.165) is 5.69 Å². The smallest absolute Gasteiger partial charge is 0.348 e. The zero-order valence-electron chi connectivity index (χ0n) is 13.9. The van der Waals surface area contributed by atoms with Gasteiger partial charge in [-0.1, -0.05) is 41.6 Å². The third kappa shape index (κ3) is 3.98. The Labute approximate surface area is 162 Å². The molecule has 0 spiro atoms. The van der Waals surface area contributed by atoms with Crippen molar-refractivity contribution in [2.45, 2.75) is 12.1 Å². The number of nitrogens with one attached hydrogen (secondary N) is 1. The number of anilines is 1. The van der Waals surface area contributed by atoms with Crippen molar-refractivity contribution >= 4 is 62.5 Å². The second-order valence-corrected chi connectivity index (χ2v) is 7.53. The lowest BCUT2D eigenvalue weighted by Gasteiger charge is -2.05. The SMILES string of the molecule is COC(=O)c1sc2nc(SCC(=O)Nc3ccccc3)nc(Cl)c2c1C. The Kier molecular flexibility index (Phi) is 5.75. The number of esters is 1. The number of methoxy groups -OCH3 is 1. The summed E-state index contributed by atoms with van der Waals surface area (Å²) < 4.78 is 4.77. The predicted molar refractivity (Wildman–Crippen MR) is 104 cm³/mol. The molecule has 2 heterocycles. The van der Waals surface area contributed by atoms with E-state index in [1.54, 1.807) is 6.92 Å². The number of rotatable bonds is 5. The van der Waals surface area contributed by atoms with E-state index in [1.165, 1.54) is 30.2 Å². The number of thiophene rings is 1. The lowest BCUT2D eigenvalue weighted by Crippen LogP contribution is -2.14. The molecule has 26 heavy (non-hydrogen) atoms. The minimum atomic E-state index is -0.432. The van der Waals surface area contributed by atoms with Gasteiger partial charge in [-0.25, -0.2) is 14.8 Å². The summed E-state index contributed by atoms with van der Waals surface area (Å²) in [6.07, 6.45) is 0. The third-order valence-corrected chi connectivity index (χ3v) is 5.77. The molecule has 0 bridgehead atoms. The molecule has 2 aromatic heterocycles. The van der Waals surface area contributed by atoms with Crippen LogP contribution in [0.1, 0.15) is 15.2 Å². The molecule has 3 aromatic rings. The van der Waals surface area contributed by atoms with Gasteiger partial charge in [-0.3, -0.25) is 4.79 Å². The van der Waals surface area contributed by atoms with Gasteiger partial charge in [-0.15, -0.1) is 11.3 Å². The number of benzene rings is 1. The molecule has 134 valence electrons. The lowest BCUT2D eigenvalue weighted by molar-refractivity contribution is -0.113. The highest BCUT2D eigenvalue weighted by Gasteiger charge is 2.20. The van der Waals surface area contributed by atoms with E-state index >= 15 is 0 Å². The van der Waals surface area contributed by atoms with Crippen LogP contribution in [-0.2, 0) is 9.53 Å². The molecule has 0 atom stereocenters. The number of thioether (sulfide) groups is 1. The van der Waals surface area contributed by atoms with Crippen molar-refractivity contribution in [3.63, 3.8) is 0 Å². The zero-order chi connectivity index (χ0) is 18.7. The fourth-order valence-corrected chi connectivity index (χ4v) is 4.49. The van der Waals surface area contributed by atoms with Gasteiger partial charge >= 0.3 is 5.97 Å². The molecule has 6 nitrogen and oxygen atoms in total. The van der Waals surface area contributed by atoms with Crippen LogP contribution in [-0.4, -0.2) is 34.7 Å². The van der Waals surface area contributed by atoms with Crippen LogP contribution in [0.5, 0.6) is 0 Å². The average Bonchev–Trinajstić information content (AvgIpc) is 2.97. The number of hydrogen-bond acceptors (Lipinski definition) is 7. The highest BCUT2D eigenvalue weighted by atomic mass is 35.5. The van der Waals surface area contributed by atoms with E-state index in [9.17, 15) is 9.59 Å². The fourth-order valence-electron chi connectivity index (χ4n) is 2.27. The summed E-state index contributed by atoms with van der Waals surface area (Å²) in [6.45, 7) is 1.78. The number of para-hydroxylation sites is 1. The van der Waals surface area contributed by atoms with Crippen LogP contribution < -0.4 is 5.32 Å². The molecular formula is C17H14ClN3O3S2. The van der Waals surface area contributed by atoms with Crippen molar-refractivity contribution in [1.82, 2.24) is 9.97 Å². The molecule has 1 amide bonds. The van der Waals surface area contributed by atoms with Gasteiger partial charge in [-0.2, -0.15) is 0 Å². The van der Waals surface area contributed by atoms with Crippen molar-refractivity contribution in [2.75, 3.05) is 18.2 Å². The maximum atomic E-state index is 12.0. The number of aryl methyl sites for hydroxylation is 1. The van der Waals surface area contributed by atoms with Gasteiger partial charge in [0.2, 0.25) is 5.91 Å². The molecule has 0 fully saturated rings. The average molecular weight is 408 g/mol.